The number of hydrogen-bond acceptors (Lipinski definition) is 4. The van der Waals surface area contributed by atoms with Crippen LogP contribution in [-0.4, -0.2) is 15.0 Å². The molecule has 0 fully saturated rings. The van der Waals surface area contributed by atoms with Gasteiger partial charge >= 0.3 is 0 Å². The summed E-state index contributed by atoms with van der Waals surface area (Å²) >= 11 is 1.87. The Morgan fingerprint density at radius 3 is 1.44 bits per heavy atom. The van der Waals surface area contributed by atoms with Crippen molar-refractivity contribution in [1.82, 2.24) is 15.0 Å². The molecule has 9 aromatic carbocycles. The van der Waals surface area contributed by atoms with Gasteiger partial charge in [-0.25, -0.2) is 15.0 Å². The molecule has 0 aliphatic rings. The first-order valence-corrected chi connectivity index (χ1v) is 19.3. The second-order valence-electron chi connectivity index (χ2n) is 14.0. The third kappa shape index (κ3) is 5.38. The molecule has 3 nitrogen and oxygen atoms in total. The van der Waals surface area contributed by atoms with Crippen LogP contribution in [0.2, 0.25) is 0 Å². The van der Waals surface area contributed by atoms with E-state index in [0.717, 1.165) is 22.3 Å². The fourth-order valence-electron chi connectivity index (χ4n) is 8.07. The Bertz CT molecular complexity index is 3180. The summed E-state index contributed by atoms with van der Waals surface area (Å²) in [7, 11) is 0. The molecule has 11 rings (SSSR count). The van der Waals surface area contributed by atoms with E-state index in [9.17, 15) is 0 Å². The smallest absolute Gasteiger partial charge is 0.164 e. The summed E-state index contributed by atoms with van der Waals surface area (Å²) in [6, 6.07) is 67.0. The zero-order chi connectivity index (χ0) is 36.3. The fourth-order valence-corrected chi connectivity index (χ4v) is 9.21. The van der Waals surface area contributed by atoms with E-state index in [-0.39, 0.29) is 0 Å². The van der Waals surface area contributed by atoms with Crippen LogP contribution in [0.15, 0.2) is 188 Å². The molecule has 11 aromatic rings. The lowest BCUT2D eigenvalue weighted by molar-refractivity contribution is 1.07. The minimum Gasteiger partial charge on any atom is -0.208 e. The van der Waals surface area contributed by atoms with E-state index in [0.29, 0.717) is 17.5 Å². The SMILES string of the molecule is c1ccc(-c2nc(-c3ccccc3)nc(-c3ccc(-c4ccc5c(c4)c4ccccc4c4cccc(-c6ccc7c(c6)sc6ccccc67)c45)cc3)n2)cc1. The number of hydrogen-bond donors (Lipinski definition) is 0. The van der Waals surface area contributed by atoms with E-state index in [1.54, 1.807) is 0 Å². The largest absolute Gasteiger partial charge is 0.208 e. The molecule has 0 radical (unpaired) electrons. The van der Waals surface area contributed by atoms with Crippen molar-refractivity contribution in [3.63, 3.8) is 0 Å². The van der Waals surface area contributed by atoms with Crippen LogP contribution in [0.5, 0.6) is 0 Å². The van der Waals surface area contributed by atoms with Crippen molar-refractivity contribution in [1.29, 1.82) is 0 Å². The second-order valence-corrected chi connectivity index (χ2v) is 15.0. The summed E-state index contributed by atoms with van der Waals surface area (Å²) in [5.41, 5.74) is 7.66. The van der Waals surface area contributed by atoms with Gasteiger partial charge in [-0.1, -0.05) is 170 Å². The second kappa shape index (κ2) is 12.8. The number of rotatable bonds is 5. The number of thiophene rings is 1. The summed E-state index contributed by atoms with van der Waals surface area (Å²) < 4.78 is 2.64. The van der Waals surface area contributed by atoms with Gasteiger partial charge in [0.1, 0.15) is 0 Å². The first-order valence-electron chi connectivity index (χ1n) is 18.5. The number of nitrogens with zero attached hydrogens (tertiary/aromatic N) is 3. The molecule has 2 heterocycles. The van der Waals surface area contributed by atoms with Gasteiger partial charge < -0.3 is 0 Å². The van der Waals surface area contributed by atoms with Crippen molar-refractivity contribution in [2.45, 2.75) is 0 Å². The van der Waals surface area contributed by atoms with E-state index in [1.807, 2.05) is 72.0 Å². The standard InChI is InChI=1S/C51H31N3S/c1-3-12-33(13-4-1)49-52-50(34-14-5-2-6-15-34)54-51(53-49)35-24-22-32(23-25-35)36-26-29-44-45(30-36)40-17-8-7-16-39(40)43-20-11-19-38(48(43)44)37-27-28-42-41-18-9-10-21-46(41)55-47(42)31-37/h1-31H. The summed E-state index contributed by atoms with van der Waals surface area (Å²) in [5, 5.41) is 10.2. The highest BCUT2D eigenvalue weighted by Crippen LogP contribution is 2.43. The van der Waals surface area contributed by atoms with Crippen LogP contribution in [0.1, 0.15) is 0 Å². The Kier molecular flexibility index (Phi) is 7.35. The van der Waals surface area contributed by atoms with Crippen LogP contribution in [0.3, 0.4) is 0 Å². The van der Waals surface area contributed by atoms with Gasteiger partial charge in [-0.05, 0) is 72.8 Å². The van der Waals surface area contributed by atoms with E-state index >= 15 is 0 Å². The summed E-state index contributed by atoms with van der Waals surface area (Å²) in [4.78, 5) is 14.8. The molecular weight excluding hydrogens is 687 g/mol. The molecule has 0 saturated heterocycles. The predicted octanol–water partition coefficient (Wildman–Crippen LogP) is 14.0. The quantitative estimate of drug-likeness (QED) is 0.166. The molecule has 0 saturated carbocycles. The monoisotopic (exact) mass is 717 g/mol. The van der Waals surface area contributed by atoms with E-state index < -0.39 is 0 Å². The van der Waals surface area contributed by atoms with Crippen molar-refractivity contribution >= 4 is 63.8 Å². The zero-order valence-electron chi connectivity index (χ0n) is 29.6. The molecule has 2 aromatic heterocycles. The molecular formula is C51H31N3S. The first kappa shape index (κ1) is 31.5. The van der Waals surface area contributed by atoms with Crippen molar-refractivity contribution in [2.75, 3.05) is 0 Å². The average molecular weight is 718 g/mol. The lowest BCUT2D eigenvalue weighted by atomic mass is 9.88. The van der Waals surface area contributed by atoms with E-state index in [4.69, 9.17) is 15.0 Å². The van der Waals surface area contributed by atoms with Crippen molar-refractivity contribution in [3.05, 3.63) is 188 Å². The lowest BCUT2D eigenvalue weighted by Crippen LogP contribution is -2.00. The van der Waals surface area contributed by atoms with Crippen LogP contribution >= 0.6 is 11.3 Å². The maximum Gasteiger partial charge on any atom is 0.164 e. The van der Waals surface area contributed by atoms with Crippen molar-refractivity contribution in [2.24, 2.45) is 0 Å². The minimum atomic E-state index is 0.650. The van der Waals surface area contributed by atoms with Gasteiger partial charge in [0.25, 0.3) is 0 Å². The maximum absolute atomic E-state index is 4.95. The van der Waals surface area contributed by atoms with Gasteiger partial charge in [0.05, 0.1) is 0 Å². The maximum atomic E-state index is 4.95. The molecule has 256 valence electrons. The molecule has 0 N–H and O–H groups in total. The average Bonchev–Trinajstić information content (AvgIpc) is 3.64. The molecule has 0 atom stereocenters. The Balaban J connectivity index is 1.04. The molecule has 0 aliphatic carbocycles. The molecule has 0 unspecified atom stereocenters. The van der Waals surface area contributed by atoms with Crippen molar-refractivity contribution in [3.8, 4) is 56.4 Å². The number of fused-ring (bicyclic) bond motifs is 9. The highest BCUT2D eigenvalue weighted by atomic mass is 32.1. The molecule has 0 aliphatic heterocycles. The normalized spacial score (nSPS) is 11.6. The molecule has 0 bridgehead atoms. The van der Waals surface area contributed by atoms with Gasteiger partial charge in [-0.15, -0.1) is 11.3 Å². The van der Waals surface area contributed by atoms with E-state index in [1.165, 1.54) is 69.2 Å². The zero-order valence-corrected chi connectivity index (χ0v) is 30.5. The third-order valence-electron chi connectivity index (χ3n) is 10.7. The Labute approximate surface area is 321 Å². The first-order chi connectivity index (χ1) is 27.2. The van der Waals surface area contributed by atoms with Gasteiger partial charge in [0, 0.05) is 36.9 Å². The fraction of sp³-hybridized carbons (Fsp3) is 0. The van der Waals surface area contributed by atoms with Crippen LogP contribution in [0, 0.1) is 0 Å². The molecule has 0 spiro atoms. The van der Waals surface area contributed by atoms with Crippen molar-refractivity contribution < 1.29 is 0 Å². The number of aromatic nitrogens is 3. The van der Waals surface area contributed by atoms with E-state index in [2.05, 4.69) is 127 Å². The third-order valence-corrected chi connectivity index (χ3v) is 11.9. The highest BCUT2D eigenvalue weighted by Gasteiger charge is 2.16. The summed E-state index contributed by atoms with van der Waals surface area (Å²) in [5.74, 6) is 1.96. The van der Waals surface area contributed by atoms with Gasteiger partial charge in [0.2, 0.25) is 0 Å². The Hall–Kier alpha value is -7.01. The van der Waals surface area contributed by atoms with Crippen LogP contribution < -0.4 is 0 Å². The molecule has 55 heavy (non-hydrogen) atoms. The minimum absolute atomic E-state index is 0.650. The summed E-state index contributed by atoms with van der Waals surface area (Å²) in [6.07, 6.45) is 0. The molecule has 4 heteroatoms. The Morgan fingerprint density at radius 2 is 0.745 bits per heavy atom. The van der Waals surface area contributed by atoms with Gasteiger partial charge in [-0.3, -0.25) is 0 Å². The highest BCUT2D eigenvalue weighted by molar-refractivity contribution is 7.25. The van der Waals surface area contributed by atoms with Crippen LogP contribution in [0.4, 0.5) is 0 Å². The lowest BCUT2D eigenvalue weighted by Gasteiger charge is -2.16. The van der Waals surface area contributed by atoms with Crippen LogP contribution in [0.25, 0.3) is 109 Å². The molecule has 0 amide bonds. The van der Waals surface area contributed by atoms with Crippen LogP contribution in [-0.2, 0) is 0 Å². The number of benzene rings is 9. The van der Waals surface area contributed by atoms with Gasteiger partial charge in [-0.2, -0.15) is 0 Å². The topological polar surface area (TPSA) is 38.7 Å². The predicted molar refractivity (Wildman–Crippen MR) is 232 cm³/mol. The Morgan fingerprint density at radius 1 is 0.273 bits per heavy atom. The summed E-state index contributed by atoms with van der Waals surface area (Å²) in [6.45, 7) is 0. The van der Waals surface area contributed by atoms with Gasteiger partial charge in [0.15, 0.2) is 17.5 Å².